The van der Waals surface area contributed by atoms with E-state index in [0.717, 1.165) is 0 Å². The Balaban J connectivity index is 0.000000640. The molecule has 0 aromatic carbocycles. The highest BCUT2D eigenvalue weighted by atomic mass is 35.5. The molecule has 1 N–H and O–H groups in total. The number of hydrogen-bond donors (Lipinski definition) is 1. The average Bonchev–Trinajstić information content (AvgIpc) is 1.64. The Labute approximate surface area is 58.5 Å². The standard InChI is InChI=1S/C5H4ClNO.CH4/c6-4-2-1-3-5(8)7-4;/h1-3H,(H,7,8);1H4. The second-order valence-corrected chi connectivity index (χ2v) is 1.77. The fourth-order valence-electron chi connectivity index (χ4n) is 0.421. The van der Waals surface area contributed by atoms with E-state index in [1.807, 2.05) is 0 Å². The lowest BCUT2D eigenvalue weighted by Gasteiger charge is -1.82. The largest absolute Gasteiger partial charge is 0.313 e. The van der Waals surface area contributed by atoms with E-state index in [-0.39, 0.29) is 13.0 Å². The zero-order valence-electron chi connectivity index (χ0n) is 4.02. The van der Waals surface area contributed by atoms with Crippen molar-refractivity contribution < 1.29 is 0 Å². The molecule has 1 aromatic rings. The lowest BCUT2D eigenvalue weighted by molar-refractivity contribution is 1.24. The van der Waals surface area contributed by atoms with Crippen LogP contribution in [0.5, 0.6) is 0 Å². The summed E-state index contributed by atoms with van der Waals surface area (Å²) in [5.41, 5.74) is -0.169. The first kappa shape index (κ1) is 8.24. The minimum Gasteiger partial charge on any atom is -0.313 e. The molecule has 0 unspecified atom stereocenters. The predicted octanol–water partition coefficient (Wildman–Crippen LogP) is 1.66. The summed E-state index contributed by atoms with van der Waals surface area (Å²) in [7, 11) is 0. The van der Waals surface area contributed by atoms with E-state index in [4.69, 9.17) is 11.6 Å². The molecule has 0 bridgehead atoms. The molecule has 0 aliphatic heterocycles. The average molecular weight is 146 g/mol. The van der Waals surface area contributed by atoms with Crippen molar-refractivity contribution in [2.24, 2.45) is 0 Å². The van der Waals surface area contributed by atoms with Crippen LogP contribution in [0.1, 0.15) is 7.43 Å². The van der Waals surface area contributed by atoms with Gasteiger partial charge in [-0.15, -0.1) is 0 Å². The van der Waals surface area contributed by atoms with Crippen LogP contribution in [-0.4, -0.2) is 4.98 Å². The van der Waals surface area contributed by atoms with Crippen molar-refractivity contribution in [2.75, 3.05) is 0 Å². The van der Waals surface area contributed by atoms with Gasteiger partial charge in [-0.2, -0.15) is 0 Å². The van der Waals surface area contributed by atoms with Crippen LogP contribution in [0.4, 0.5) is 0 Å². The number of hydrogen-bond acceptors (Lipinski definition) is 1. The SMILES string of the molecule is C.O=c1cccc(Cl)[nH]1. The molecule has 0 saturated carbocycles. The molecule has 0 radical (unpaired) electrons. The van der Waals surface area contributed by atoms with Crippen LogP contribution in [0.25, 0.3) is 0 Å². The fourth-order valence-corrected chi connectivity index (χ4v) is 0.587. The summed E-state index contributed by atoms with van der Waals surface area (Å²) in [6.45, 7) is 0. The van der Waals surface area contributed by atoms with Gasteiger partial charge in [-0.1, -0.05) is 25.1 Å². The third-order valence-electron chi connectivity index (χ3n) is 0.733. The molecule has 1 aromatic heterocycles. The summed E-state index contributed by atoms with van der Waals surface area (Å²) in [6.07, 6.45) is 0. The van der Waals surface area contributed by atoms with Crippen molar-refractivity contribution in [3.8, 4) is 0 Å². The molecule has 0 saturated heterocycles. The van der Waals surface area contributed by atoms with Crippen LogP contribution >= 0.6 is 11.6 Å². The summed E-state index contributed by atoms with van der Waals surface area (Å²) in [6, 6.07) is 4.62. The Morgan fingerprint density at radius 3 is 2.44 bits per heavy atom. The Hall–Kier alpha value is -0.760. The van der Waals surface area contributed by atoms with E-state index in [1.54, 1.807) is 12.1 Å². The Morgan fingerprint density at radius 2 is 2.11 bits per heavy atom. The van der Waals surface area contributed by atoms with Crippen molar-refractivity contribution in [1.82, 2.24) is 4.98 Å². The Bertz CT molecular complexity index is 230. The molecule has 9 heavy (non-hydrogen) atoms. The molecular weight excluding hydrogens is 138 g/mol. The summed E-state index contributed by atoms with van der Waals surface area (Å²) < 4.78 is 0. The number of rotatable bonds is 0. The van der Waals surface area contributed by atoms with Gasteiger partial charge < -0.3 is 4.98 Å². The second-order valence-electron chi connectivity index (χ2n) is 1.36. The zero-order chi connectivity index (χ0) is 5.98. The number of pyridine rings is 1. The number of H-pyrrole nitrogens is 1. The highest BCUT2D eigenvalue weighted by Gasteiger charge is 1.81. The van der Waals surface area contributed by atoms with Crippen molar-refractivity contribution in [2.45, 2.75) is 7.43 Å². The Kier molecular flexibility index (Phi) is 3.02. The number of aromatic amines is 1. The molecular formula is C6H8ClNO. The zero-order valence-corrected chi connectivity index (χ0v) is 4.77. The first-order chi connectivity index (χ1) is 3.79. The van der Waals surface area contributed by atoms with Crippen molar-refractivity contribution in [1.29, 1.82) is 0 Å². The molecule has 0 spiro atoms. The lowest BCUT2D eigenvalue weighted by Crippen LogP contribution is -2.00. The molecule has 3 heteroatoms. The molecule has 0 aliphatic rings. The van der Waals surface area contributed by atoms with Crippen LogP contribution in [0.15, 0.2) is 23.0 Å². The molecule has 1 rings (SSSR count). The highest BCUT2D eigenvalue weighted by Crippen LogP contribution is 1.95. The first-order valence-electron chi connectivity index (χ1n) is 2.14. The maximum atomic E-state index is 10.4. The van der Waals surface area contributed by atoms with Gasteiger partial charge in [-0.3, -0.25) is 4.79 Å². The summed E-state index contributed by atoms with van der Waals surface area (Å²) >= 11 is 5.39. The smallest absolute Gasteiger partial charge is 0.249 e. The van der Waals surface area contributed by atoms with Gasteiger partial charge in [0.2, 0.25) is 5.56 Å². The van der Waals surface area contributed by atoms with Crippen LogP contribution < -0.4 is 5.56 Å². The van der Waals surface area contributed by atoms with E-state index in [1.165, 1.54) is 6.07 Å². The van der Waals surface area contributed by atoms with Gasteiger partial charge in [0, 0.05) is 6.07 Å². The number of aromatic nitrogens is 1. The molecule has 1 heterocycles. The van der Waals surface area contributed by atoms with Gasteiger partial charge in [-0.05, 0) is 6.07 Å². The van der Waals surface area contributed by atoms with E-state index in [9.17, 15) is 4.79 Å². The van der Waals surface area contributed by atoms with Gasteiger partial charge in [-0.25, -0.2) is 0 Å². The topological polar surface area (TPSA) is 32.9 Å². The second kappa shape index (κ2) is 3.30. The molecule has 50 valence electrons. The molecule has 0 amide bonds. The predicted molar refractivity (Wildman–Crippen MR) is 38.8 cm³/mol. The number of nitrogens with one attached hydrogen (secondary N) is 1. The van der Waals surface area contributed by atoms with Crippen molar-refractivity contribution in [3.05, 3.63) is 33.7 Å². The van der Waals surface area contributed by atoms with Gasteiger partial charge >= 0.3 is 0 Å². The van der Waals surface area contributed by atoms with Gasteiger partial charge in [0.05, 0.1) is 0 Å². The van der Waals surface area contributed by atoms with Crippen LogP contribution in [0, 0.1) is 0 Å². The quantitative estimate of drug-likeness (QED) is 0.554. The summed E-state index contributed by atoms with van der Waals surface area (Å²) in [4.78, 5) is 12.7. The molecule has 0 fully saturated rings. The lowest BCUT2D eigenvalue weighted by atomic mass is 10.5. The Morgan fingerprint density at radius 1 is 1.44 bits per heavy atom. The van der Waals surface area contributed by atoms with E-state index < -0.39 is 0 Å². The summed E-state index contributed by atoms with van der Waals surface area (Å²) in [5.74, 6) is 0. The van der Waals surface area contributed by atoms with Crippen LogP contribution in [0.3, 0.4) is 0 Å². The van der Waals surface area contributed by atoms with Crippen LogP contribution in [0.2, 0.25) is 5.15 Å². The maximum absolute atomic E-state index is 10.4. The van der Waals surface area contributed by atoms with Crippen molar-refractivity contribution >= 4 is 11.6 Å². The monoisotopic (exact) mass is 145 g/mol. The molecule has 2 nitrogen and oxygen atoms in total. The third-order valence-corrected chi connectivity index (χ3v) is 0.953. The summed E-state index contributed by atoms with van der Waals surface area (Å²) in [5, 5.41) is 0.373. The molecule has 0 aliphatic carbocycles. The van der Waals surface area contributed by atoms with E-state index in [0.29, 0.717) is 5.15 Å². The van der Waals surface area contributed by atoms with E-state index >= 15 is 0 Å². The van der Waals surface area contributed by atoms with Gasteiger partial charge in [0.15, 0.2) is 0 Å². The van der Waals surface area contributed by atoms with E-state index in [2.05, 4.69) is 4.98 Å². The number of halogens is 1. The van der Waals surface area contributed by atoms with Crippen molar-refractivity contribution in [3.63, 3.8) is 0 Å². The fraction of sp³-hybridized carbons (Fsp3) is 0.167. The highest BCUT2D eigenvalue weighted by molar-refractivity contribution is 6.29. The minimum atomic E-state index is -0.169. The van der Waals surface area contributed by atoms with Crippen LogP contribution in [-0.2, 0) is 0 Å². The van der Waals surface area contributed by atoms with Gasteiger partial charge in [0.25, 0.3) is 0 Å². The third kappa shape index (κ3) is 2.33. The normalized spacial score (nSPS) is 8.11. The maximum Gasteiger partial charge on any atom is 0.249 e. The minimum absolute atomic E-state index is 0. The first-order valence-corrected chi connectivity index (χ1v) is 2.52. The van der Waals surface area contributed by atoms with Gasteiger partial charge in [0.1, 0.15) is 5.15 Å². The molecule has 0 atom stereocenters.